The molecule has 0 aliphatic carbocycles. The van der Waals surface area contributed by atoms with Gasteiger partial charge < -0.3 is 9.64 Å². The van der Waals surface area contributed by atoms with Crippen LogP contribution in [0.25, 0.3) is 10.2 Å². The number of ether oxygens (including phenoxy) is 1. The number of rotatable bonds is 4. The maximum atomic E-state index is 12.5. The number of ketones is 1. The second kappa shape index (κ2) is 6.87. The van der Waals surface area contributed by atoms with Crippen molar-refractivity contribution in [2.75, 3.05) is 18.6 Å². The van der Waals surface area contributed by atoms with Crippen molar-refractivity contribution in [2.24, 2.45) is 0 Å². The first kappa shape index (κ1) is 18.4. The highest BCUT2D eigenvalue weighted by molar-refractivity contribution is 7.16. The lowest BCUT2D eigenvalue weighted by atomic mass is 9.83. The monoisotopic (exact) mass is 392 g/mol. The fraction of sp³-hybridized carbons (Fsp3) is 0.227. The number of nitrogens with zero attached hydrogens (tertiary/aromatic N) is 2. The van der Waals surface area contributed by atoms with Crippen molar-refractivity contribution in [1.29, 1.82) is 0 Å². The van der Waals surface area contributed by atoms with E-state index in [-0.39, 0.29) is 17.8 Å². The Bertz CT molecular complexity index is 1110. The first-order valence-corrected chi connectivity index (χ1v) is 9.84. The summed E-state index contributed by atoms with van der Waals surface area (Å²) >= 11 is 1.46. The van der Waals surface area contributed by atoms with E-state index in [0.29, 0.717) is 5.56 Å². The second-order valence-electron chi connectivity index (χ2n) is 7.31. The number of fused-ring (bicyclic) bond motifs is 2. The number of thiazole rings is 1. The van der Waals surface area contributed by atoms with E-state index in [4.69, 9.17) is 4.74 Å². The number of benzene rings is 2. The zero-order valence-electron chi connectivity index (χ0n) is 15.9. The van der Waals surface area contributed by atoms with E-state index >= 15 is 0 Å². The topological polar surface area (TPSA) is 59.5 Å². The van der Waals surface area contributed by atoms with Gasteiger partial charge in [0.2, 0.25) is 0 Å². The highest BCUT2D eigenvalue weighted by Gasteiger charge is 2.38. The van der Waals surface area contributed by atoms with Gasteiger partial charge in [0.05, 0.1) is 21.3 Å². The van der Waals surface area contributed by atoms with Gasteiger partial charge in [0.15, 0.2) is 12.4 Å². The average molecular weight is 392 g/mol. The Kier molecular flexibility index (Phi) is 4.51. The number of aromatic nitrogens is 1. The molecule has 3 aromatic rings. The molecule has 0 saturated carbocycles. The first-order valence-electron chi connectivity index (χ1n) is 8.96. The van der Waals surface area contributed by atoms with Crippen molar-refractivity contribution in [3.63, 3.8) is 0 Å². The number of carbonyl (C=O) groups excluding carboxylic acids is 2. The summed E-state index contributed by atoms with van der Waals surface area (Å²) in [5.41, 5.74) is 5.85. The lowest BCUT2D eigenvalue weighted by Gasteiger charge is -2.23. The van der Waals surface area contributed by atoms with Gasteiger partial charge >= 0.3 is 5.97 Å². The third-order valence-corrected chi connectivity index (χ3v) is 5.94. The minimum atomic E-state index is -0.510. The van der Waals surface area contributed by atoms with E-state index in [9.17, 15) is 9.59 Å². The van der Waals surface area contributed by atoms with Crippen molar-refractivity contribution in [3.05, 3.63) is 70.9 Å². The maximum Gasteiger partial charge on any atom is 0.338 e. The molecule has 0 unspecified atom stereocenters. The van der Waals surface area contributed by atoms with Gasteiger partial charge in [-0.3, -0.25) is 4.79 Å². The highest BCUT2D eigenvalue weighted by atomic mass is 32.1. The number of likely N-dealkylation sites (N-methyl/N-ethyl adjacent to an activating group) is 1. The van der Waals surface area contributed by atoms with Crippen LogP contribution in [-0.4, -0.2) is 30.4 Å². The molecule has 1 aromatic heterocycles. The van der Waals surface area contributed by atoms with Crippen LogP contribution in [0.5, 0.6) is 0 Å². The molecule has 1 aliphatic heterocycles. The molecule has 0 spiro atoms. The molecule has 0 radical (unpaired) electrons. The summed E-state index contributed by atoms with van der Waals surface area (Å²) in [5, 5.41) is 0. The standard InChI is InChI=1S/C22H20N2O3S/c1-22(2)16-6-4-5-7-18(16)24(3)20(22)11-15(25)12-27-21(26)14-8-9-17-19(10-14)28-13-23-17/h4-11,13H,12H2,1-3H3/b20-11+. The molecule has 5 nitrogen and oxygen atoms in total. The minimum absolute atomic E-state index is 0.241. The smallest absolute Gasteiger partial charge is 0.338 e. The summed E-state index contributed by atoms with van der Waals surface area (Å²) in [6, 6.07) is 13.3. The predicted octanol–water partition coefficient (Wildman–Crippen LogP) is 4.33. The molecule has 0 amide bonds. The fourth-order valence-electron chi connectivity index (χ4n) is 3.66. The molecule has 2 heterocycles. The van der Waals surface area contributed by atoms with Crippen LogP contribution in [0.15, 0.2) is 59.7 Å². The second-order valence-corrected chi connectivity index (χ2v) is 8.19. The van der Waals surface area contributed by atoms with Crippen molar-refractivity contribution in [1.82, 2.24) is 4.98 Å². The van der Waals surface area contributed by atoms with E-state index in [1.807, 2.05) is 30.1 Å². The summed E-state index contributed by atoms with van der Waals surface area (Å²) in [6.45, 7) is 3.89. The third-order valence-electron chi connectivity index (χ3n) is 5.15. The summed E-state index contributed by atoms with van der Waals surface area (Å²) in [7, 11) is 1.95. The Labute approximate surface area is 167 Å². The molecule has 0 saturated heterocycles. The van der Waals surface area contributed by atoms with E-state index < -0.39 is 5.97 Å². The highest BCUT2D eigenvalue weighted by Crippen LogP contribution is 2.46. The van der Waals surface area contributed by atoms with Gasteiger partial charge in [-0.1, -0.05) is 32.0 Å². The lowest BCUT2D eigenvalue weighted by molar-refractivity contribution is -0.117. The number of anilines is 1. The fourth-order valence-corrected chi connectivity index (χ4v) is 4.37. The van der Waals surface area contributed by atoms with Crippen molar-refractivity contribution in [2.45, 2.75) is 19.3 Å². The van der Waals surface area contributed by atoms with Gasteiger partial charge in [0.25, 0.3) is 0 Å². The van der Waals surface area contributed by atoms with Crippen LogP contribution in [0.1, 0.15) is 29.8 Å². The molecule has 6 heteroatoms. The molecule has 4 rings (SSSR count). The molecule has 28 heavy (non-hydrogen) atoms. The van der Waals surface area contributed by atoms with Crippen molar-refractivity contribution >= 4 is 39.0 Å². The van der Waals surface area contributed by atoms with Crippen LogP contribution in [0.3, 0.4) is 0 Å². The van der Waals surface area contributed by atoms with Crippen LogP contribution in [0.2, 0.25) is 0 Å². The van der Waals surface area contributed by atoms with Gasteiger partial charge in [0.1, 0.15) is 0 Å². The Morgan fingerprint density at radius 1 is 1.21 bits per heavy atom. The van der Waals surface area contributed by atoms with Gasteiger partial charge in [-0.15, -0.1) is 11.3 Å². The molecule has 142 valence electrons. The van der Waals surface area contributed by atoms with Crippen LogP contribution in [0.4, 0.5) is 5.69 Å². The van der Waals surface area contributed by atoms with Crippen LogP contribution < -0.4 is 4.90 Å². The number of para-hydroxylation sites is 1. The van der Waals surface area contributed by atoms with E-state index in [2.05, 4.69) is 24.9 Å². The SMILES string of the molecule is CN1/C(=C/C(=O)COC(=O)c2ccc3ncsc3c2)C(C)(C)c2ccccc21. The quantitative estimate of drug-likeness (QED) is 0.488. The Morgan fingerprint density at radius 2 is 2.00 bits per heavy atom. The van der Waals surface area contributed by atoms with Crippen molar-refractivity contribution < 1.29 is 14.3 Å². The summed E-state index contributed by atoms with van der Waals surface area (Å²) in [5.74, 6) is -0.751. The lowest BCUT2D eigenvalue weighted by Crippen LogP contribution is -2.25. The summed E-state index contributed by atoms with van der Waals surface area (Å²) in [6.07, 6.45) is 1.58. The average Bonchev–Trinajstić information content (AvgIpc) is 3.23. The minimum Gasteiger partial charge on any atom is -0.454 e. The number of allylic oxidation sites excluding steroid dienone is 1. The van der Waals surface area contributed by atoms with E-state index in [0.717, 1.165) is 21.6 Å². The molecular weight excluding hydrogens is 372 g/mol. The van der Waals surface area contributed by atoms with Gasteiger partial charge in [0, 0.05) is 29.9 Å². The molecular formula is C22H20N2O3S. The number of hydrogen-bond acceptors (Lipinski definition) is 6. The van der Waals surface area contributed by atoms with Gasteiger partial charge in [-0.25, -0.2) is 9.78 Å². The Morgan fingerprint density at radius 3 is 2.79 bits per heavy atom. The van der Waals surface area contributed by atoms with Crippen LogP contribution in [0, 0.1) is 0 Å². The number of esters is 1. The zero-order chi connectivity index (χ0) is 19.9. The molecule has 0 atom stereocenters. The van der Waals surface area contributed by atoms with Crippen LogP contribution in [-0.2, 0) is 14.9 Å². The first-order chi connectivity index (χ1) is 13.4. The van der Waals surface area contributed by atoms with Gasteiger partial charge in [-0.05, 0) is 29.8 Å². The molecule has 0 bridgehead atoms. The largest absolute Gasteiger partial charge is 0.454 e. The zero-order valence-corrected chi connectivity index (χ0v) is 16.7. The van der Waals surface area contributed by atoms with Crippen LogP contribution >= 0.6 is 11.3 Å². The molecule has 0 fully saturated rings. The third kappa shape index (κ3) is 3.10. The number of carbonyl (C=O) groups is 2. The van der Waals surface area contributed by atoms with E-state index in [1.54, 1.807) is 29.8 Å². The molecule has 1 aliphatic rings. The van der Waals surface area contributed by atoms with E-state index in [1.165, 1.54) is 16.9 Å². The molecule has 0 N–H and O–H groups in total. The van der Waals surface area contributed by atoms with Crippen molar-refractivity contribution in [3.8, 4) is 0 Å². The summed E-state index contributed by atoms with van der Waals surface area (Å²) in [4.78, 5) is 31.0. The normalized spacial score (nSPS) is 16.4. The summed E-state index contributed by atoms with van der Waals surface area (Å²) < 4.78 is 6.15. The van der Waals surface area contributed by atoms with Gasteiger partial charge in [-0.2, -0.15) is 0 Å². The molecule has 2 aromatic carbocycles. The maximum absolute atomic E-state index is 12.5. The Hall–Kier alpha value is -2.99. The Balaban J connectivity index is 1.47. The number of hydrogen-bond donors (Lipinski definition) is 0. The predicted molar refractivity (Wildman–Crippen MR) is 111 cm³/mol.